The molecular weight excluding hydrogens is 240 g/mol. The predicted molar refractivity (Wildman–Crippen MR) is 66.4 cm³/mol. The second-order valence-corrected chi connectivity index (χ2v) is 8.43. The number of nitrogens with zero attached hydrogens (tertiary/aromatic N) is 2. The summed E-state index contributed by atoms with van der Waals surface area (Å²) >= 11 is 0. The molecule has 2 heterocycles. The first-order chi connectivity index (χ1) is 7.82. The van der Waals surface area contributed by atoms with Gasteiger partial charge in [-0.1, -0.05) is 0 Å². The third kappa shape index (κ3) is 2.50. The molecule has 0 aliphatic carbocycles. The van der Waals surface area contributed by atoms with Crippen LogP contribution in [0, 0.1) is 0 Å². The molecule has 17 heavy (non-hydrogen) atoms. The van der Waals surface area contributed by atoms with Crippen LogP contribution in [0.5, 0.6) is 0 Å². The SMILES string of the molecule is CC(C)(C)S(=O)(=O)N1CCN(C2COC2)CC1. The van der Waals surface area contributed by atoms with Gasteiger partial charge >= 0.3 is 0 Å². The number of ether oxygens (including phenoxy) is 1. The van der Waals surface area contributed by atoms with Crippen LogP contribution in [0.25, 0.3) is 0 Å². The highest BCUT2D eigenvalue weighted by Crippen LogP contribution is 2.22. The second-order valence-electron chi connectivity index (χ2n) is 5.74. The number of hydrogen-bond donors (Lipinski definition) is 0. The Kier molecular flexibility index (Phi) is 3.51. The molecule has 0 amide bonds. The third-order valence-corrected chi connectivity index (χ3v) is 6.12. The minimum Gasteiger partial charge on any atom is -0.378 e. The highest BCUT2D eigenvalue weighted by molar-refractivity contribution is 7.90. The minimum absolute atomic E-state index is 0.509. The molecule has 2 aliphatic rings. The first kappa shape index (κ1) is 13.3. The first-order valence-electron chi connectivity index (χ1n) is 6.14. The molecular formula is C11H22N2O3S. The molecule has 0 radical (unpaired) electrons. The summed E-state index contributed by atoms with van der Waals surface area (Å²) in [7, 11) is -3.16. The van der Waals surface area contributed by atoms with Gasteiger partial charge in [0.1, 0.15) is 0 Å². The van der Waals surface area contributed by atoms with Crippen LogP contribution in [0.4, 0.5) is 0 Å². The quantitative estimate of drug-likeness (QED) is 0.710. The van der Waals surface area contributed by atoms with Crippen molar-refractivity contribution in [2.45, 2.75) is 31.6 Å². The fraction of sp³-hybridized carbons (Fsp3) is 1.00. The van der Waals surface area contributed by atoms with Gasteiger partial charge in [0.2, 0.25) is 10.0 Å². The van der Waals surface area contributed by atoms with E-state index >= 15 is 0 Å². The molecule has 2 aliphatic heterocycles. The summed E-state index contributed by atoms with van der Waals surface area (Å²) in [5.74, 6) is 0. The molecule has 0 aromatic heterocycles. The zero-order valence-corrected chi connectivity index (χ0v) is 11.7. The van der Waals surface area contributed by atoms with Gasteiger partial charge in [0, 0.05) is 26.2 Å². The molecule has 0 aromatic rings. The Balaban J connectivity index is 1.94. The van der Waals surface area contributed by atoms with Gasteiger partial charge in [-0.3, -0.25) is 4.90 Å². The summed E-state index contributed by atoms with van der Waals surface area (Å²) in [6.07, 6.45) is 0. The highest BCUT2D eigenvalue weighted by Gasteiger charge is 2.38. The predicted octanol–water partition coefficient (Wildman–Crippen LogP) is 0.131. The zero-order valence-electron chi connectivity index (χ0n) is 10.8. The lowest BCUT2D eigenvalue weighted by Crippen LogP contribution is -2.58. The Labute approximate surface area is 104 Å². The number of piperazine rings is 1. The molecule has 100 valence electrons. The molecule has 2 rings (SSSR count). The summed E-state index contributed by atoms with van der Waals surface area (Å²) in [5, 5.41) is 0. The highest BCUT2D eigenvalue weighted by atomic mass is 32.2. The normalized spacial score (nSPS) is 25.8. The molecule has 2 saturated heterocycles. The van der Waals surface area contributed by atoms with Gasteiger partial charge in [0.25, 0.3) is 0 Å². The molecule has 0 N–H and O–H groups in total. The zero-order chi connectivity index (χ0) is 12.7. The van der Waals surface area contributed by atoms with Crippen molar-refractivity contribution in [2.24, 2.45) is 0 Å². The van der Waals surface area contributed by atoms with Gasteiger partial charge in [-0.15, -0.1) is 0 Å². The van der Waals surface area contributed by atoms with E-state index in [9.17, 15) is 8.42 Å². The Hall–Kier alpha value is -0.170. The second kappa shape index (κ2) is 4.50. The smallest absolute Gasteiger partial charge is 0.219 e. The molecule has 0 saturated carbocycles. The molecule has 0 spiro atoms. The Morgan fingerprint density at radius 1 is 1.06 bits per heavy atom. The first-order valence-corrected chi connectivity index (χ1v) is 7.58. The van der Waals surface area contributed by atoms with Crippen molar-refractivity contribution >= 4 is 10.0 Å². The molecule has 0 bridgehead atoms. The van der Waals surface area contributed by atoms with E-state index in [4.69, 9.17) is 4.74 Å². The molecule has 2 fully saturated rings. The molecule has 5 nitrogen and oxygen atoms in total. The minimum atomic E-state index is -3.16. The summed E-state index contributed by atoms with van der Waals surface area (Å²) in [5.41, 5.74) is 0. The van der Waals surface area contributed by atoms with Crippen LogP contribution in [-0.4, -0.2) is 67.8 Å². The van der Waals surface area contributed by atoms with Crippen molar-refractivity contribution in [2.75, 3.05) is 39.4 Å². The van der Waals surface area contributed by atoms with Gasteiger partial charge in [-0.25, -0.2) is 8.42 Å². The molecule has 0 unspecified atom stereocenters. The van der Waals surface area contributed by atoms with Crippen LogP contribution in [-0.2, 0) is 14.8 Å². The molecule has 6 heteroatoms. The Bertz CT molecular complexity index is 363. The van der Waals surface area contributed by atoms with Crippen LogP contribution in [0.2, 0.25) is 0 Å². The van der Waals surface area contributed by atoms with Crippen molar-refractivity contribution < 1.29 is 13.2 Å². The summed E-state index contributed by atoms with van der Waals surface area (Å²) in [6.45, 7) is 9.73. The summed E-state index contributed by atoms with van der Waals surface area (Å²) in [6, 6.07) is 0.509. The van der Waals surface area contributed by atoms with E-state index in [1.165, 1.54) is 0 Å². The average Bonchev–Trinajstić information content (AvgIpc) is 2.14. The fourth-order valence-electron chi connectivity index (χ4n) is 2.13. The van der Waals surface area contributed by atoms with E-state index in [0.29, 0.717) is 19.1 Å². The third-order valence-electron chi connectivity index (χ3n) is 3.52. The van der Waals surface area contributed by atoms with Gasteiger partial charge in [0.05, 0.1) is 24.0 Å². The molecule has 0 atom stereocenters. The van der Waals surface area contributed by atoms with Gasteiger partial charge in [-0.05, 0) is 20.8 Å². The summed E-state index contributed by atoms with van der Waals surface area (Å²) < 4.78 is 30.6. The van der Waals surface area contributed by atoms with Crippen LogP contribution in [0.3, 0.4) is 0 Å². The van der Waals surface area contributed by atoms with Crippen LogP contribution in [0.1, 0.15) is 20.8 Å². The fourth-order valence-corrected chi connectivity index (χ4v) is 3.55. The van der Waals surface area contributed by atoms with Crippen LogP contribution < -0.4 is 0 Å². The van der Waals surface area contributed by atoms with Crippen LogP contribution in [0.15, 0.2) is 0 Å². The van der Waals surface area contributed by atoms with E-state index in [0.717, 1.165) is 26.3 Å². The lowest BCUT2D eigenvalue weighted by Gasteiger charge is -2.43. The Morgan fingerprint density at radius 3 is 1.94 bits per heavy atom. The monoisotopic (exact) mass is 262 g/mol. The maximum absolute atomic E-state index is 12.2. The maximum atomic E-state index is 12.2. The van der Waals surface area contributed by atoms with E-state index in [1.807, 2.05) is 0 Å². The van der Waals surface area contributed by atoms with E-state index in [-0.39, 0.29) is 0 Å². The van der Waals surface area contributed by atoms with Crippen molar-refractivity contribution in [1.29, 1.82) is 0 Å². The van der Waals surface area contributed by atoms with Crippen molar-refractivity contribution in [1.82, 2.24) is 9.21 Å². The summed E-state index contributed by atoms with van der Waals surface area (Å²) in [4.78, 5) is 2.33. The molecule has 0 aromatic carbocycles. The van der Waals surface area contributed by atoms with Gasteiger partial charge in [0.15, 0.2) is 0 Å². The standard InChI is InChI=1S/C11H22N2O3S/c1-11(2,3)17(14,15)13-6-4-12(5-7-13)10-8-16-9-10/h10H,4-9H2,1-3H3. The topological polar surface area (TPSA) is 49.9 Å². The lowest BCUT2D eigenvalue weighted by molar-refractivity contribution is -0.0722. The van der Waals surface area contributed by atoms with Crippen LogP contribution >= 0.6 is 0 Å². The van der Waals surface area contributed by atoms with Crippen molar-refractivity contribution in [3.05, 3.63) is 0 Å². The van der Waals surface area contributed by atoms with Gasteiger partial charge < -0.3 is 4.74 Å². The lowest BCUT2D eigenvalue weighted by atomic mass is 10.2. The number of sulfonamides is 1. The van der Waals surface area contributed by atoms with Crippen molar-refractivity contribution in [3.63, 3.8) is 0 Å². The van der Waals surface area contributed by atoms with E-state index < -0.39 is 14.8 Å². The van der Waals surface area contributed by atoms with E-state index in [2.05, 4.69) is 4.90 Å². The van der Waals surface area contributed by atoms with E-state index in [1.54, 1.807) is 25.1 Å². The van der Waals surface area contributed by atoms with Crippen molar-refractivity contribution in [3.8, 4) is 0 Å². The average molecular weight is 262 g/mol. The largest absolute Gasteiger partial charge is 0.378 e. The number of hydrogen-bond acceptors (Lipinski definition) is 4. The van der Waals surface area contributed by atoms with Gasteiger partial charge in [-0.2, -0.15) is 4.31 Å². The Morgan fingerprint density at radius 2 is 1.59 bits per heavy atom. The number of rotatable bonds is 2. The maximum Gasteiger partial charge on any atom is 0.219 e.